The zero-order valence-electron chi connectivity index (χ0n) is 11.5. The number of amides is 2. The number of ether oxygens (including phenoxy) is 1. The molecule has 0 aromatic heterocycles. The summed E-state index contributed by atoms with van der Waals surface area (Å²) in [6.07, 6.45) is -2.66. The van der Waals surface area contributed by atoms with Gasteiger partial charge < -0.3 is 15.4 Å². The third-order valence-electron chi connectivity index (χ3n) is 3.33. The Labute approximate surface area is 120 Å². The maximum absolute atomic E-state index is 12.6. The third kappa shape index (κ3) is 4.35. The number of urea groups is 1. The summed E-state index contributed by atoms with van der Waals surface area (Å²) in [5.41, 5.74) is -0.700. The van der Waals surface area contributed by atoms with E-state index in [-0.39, 0.29) is 17.8 Å². The molecule has 0 spiro atoms. The fourth-order valence-corrected chi connectivity index (χ4v) is 2.24. The van der Waals surface area contributed by atoms with Crippen molar-refractivity contribution in [2.24, 2.45) is 0 Å². The van der Waals surface area contributed by atoms with Crippen LogP contribution < -0.4 is 10.6 Å². The Balaban J connectivity index is 1.93. The Morgan fingerprint density at radius 3 is 2.81 bits per heavy atom. The fourth-order valence-electron chi connectivity index (χ4n) is 2.24. The van der Waals surface area contributed by atoms with E-state index < -0.39 is 17.8 Å². The van der Waals surface area contributed by atoms with Crippen molar-refractivity contribution in [3.05, 3.63) is 29.8 Å². The maximum atomic E-state index is 12.6. The highest BCUT2D eigenvalue weighted by Gasteiger charge is 2.30. The van der Waals surface area contributed by atoms with Crippen LogP contribution in [0.1, 0.15) is 25.3 Å². The van der Waals surface area contributed by atoms with Crippen LogP contribution in [0.2, 0.25) is 0 Å². The molecule has 2 rings (SSSR count). The molecule has 0 bridgehead atoms. The first-order valence-corrected chi connectivity index (χ1v) is 6.72. The summed E-state index contributed by atoms with van der Waals surface area (Å²) in [7, 11) is 0. The van der Waals surface area contributed by atoms with Crippen molar-refractivity contribution in [2.45, 2.75) is 38.1 Å². The molecule has 2 amide bonds. The van der Waals surface area contributed by atoms with Crippen LogP contribution in [-0.4, -0.2) is 24.8 Å². The van der Waals surface area contributed by atoms with Gasteiger partial charge in [0.1, 0.15) is 0 Å². The largest absolute Gasteiger partial charge is 0.416 e. The van der Waals surface area contributed by atoms with Gasteiger partial charge in [0, 0.05) is 12.3 Å². The van der Waals surface area contributed by atoms with Gasteiger partial charge in [-0.15, -0.1) is 0 Å². The average molecular weight is 302 g/mol. The minimum absolute atomic E-state index is 0.0442. The second-order valence-corrected chi connectivity index (χ2v) is 5.02. The molecule has 1 aliphatic heterocycles. The van der Waals surface area contributed by atoms with Crippen molar-refractivity contribution in [2.75, 3.05) is 11.9 Å². The van der Waals surface area contributed by atoms with Crippen molar-refractivity contribution in [1.82, 2.24) is 5.32 Å². The van der Waals surface area contributed by atoms with Gasteiger partial charge in [-0.3, -0.25) is 0 Å². The second kappa shape index (κ2) is 6.34. The second-order valence-electron chi connectivity index (χ2n) is 5.02. The number of rotatable bonds is 3. The molecular formula is C14H17F3N2O2. The summed E-state index contributed by atoms with van der Waals surface area (Å²) in [4.78, 5) is 11.8. The highest BCUT2D eigenvalue weighted by molar-refractivity contribution is 5.89. The number of alkyl halides is 3. The molecule has 2 atom stereocenters. The van der Waals surface area contributed by atoms with Gasteiger partial charge in [-0.2, -0.15) is 13.2 Å². The van der Waals surface area contributed by atoms with Crippen molar-refractivity contribution in [3.8, 4) is 0 Å². The Morgan fingerprint density at radius 1 is 1.43 bits per heavy atom. The summed E-state index contributed by atoms with van der Waals surface area (Å²) in [5.74, 6) is 0. The van der Waals surface area contributed by atoms with Crippen LogP contribution in [0.4, 0.5) is 23.7 Å². The van der Waals surface area contributed by atoms with Gasteiger partial charge >= 0.3 is 12.2 Å². The Kier molecular flexibility index (Phi) is 4.72. The van der Waals surface area contributed by atoms with Gasteiger partial charge in [0.15, 0.2) is 0 Å². The lowest BCUT2D eigenvalue weighted by Crippen LogP contribution is -2.43. The predicted octanol–water partition coefficient (Wildman–Crippen LogP) is 3.39. The first kappa shape index (κ1) is 15.6. The SMILES string of the molecule is C[C@@H](NC(=O)Nc1cccc(C(F)(F)F)c1)[C@H]1CCCO1. The Hall–Kier alpha value is -1.76. The van der Waals surface area contributed by atoms with Gasteiger partial charge in [-0.05, 0) is 38.0 Å². The van der Waals surface area contributed by atoms with E-state index in [9.17, 15) is 18.0 Å². The lowest BCUT2D eigenvalue weighted by Gasteiger charge is -2.20. The molecule has 1 saturated heterocycles. The fraction of sp³-hybridized carbons (Fsp3) is 0.500. The first-order valence-electron chi connectivity index (χ1n) is 6.72. The van der Waals surface area contributed by atoms with Crippen molar-refractivity contribution >= 4 is 11.7 Å². The molecule has 1 aliphatic rings. The topological polar surface area (TPSA) is 50.4 Å². The standard InChI is InChI=1S/C14H17F3N2O2/c1-9(12-6-3-7-21-12)18-13(20)19-11-5-2-4-10(8-11)14(15,16)17/h2,4-5,8-9,12H,3,6-7H2,1H3,(H2,18,19,20)/t9-,12-/m1/s1. The molecule has 116 valence electrons. The quantitative estimate of drug-likeness (QED) is 0.899. The minimum atomic E-state index is -4.43. The summed E-state index contributed by atoms with van der Waals surface area (Å²) < 4.78 is 43.2. The molecule has 4 nitrogen and oxygen atoms in total. The number of hydrogen-bond acceptors (Lipinski definition) is 2. The lowest BCUT2D eigenvalue weighted by atomic mass is 10.1. The molecular weight excluding hydrogens is 285 g/mol. The monoisotopic (exact) mass is 302 g/mol. The first-order chi connectivity index (χ1) is 9.86. The number of carbonyl (C=O) groups is 1. The van der Waals surface area contributed by atoms with Crippen LogP contribution >= 0.6 is 0 Å². The molecule has 2 N–H and O–H groups in total. The van der Waals surface area contributed by atoms with Crippen LogP contribution in [0.25, 0.3) is 0 Å². The zero-order valence-corrected chi connectivity index (χ0v) is 11.5. The average Bonchev–Trinajstić information content (AvgIpc) is 2.91. The van der Waals surface area contributed by atoms with Gasteiger partial charge in [-0.25, -0.2) is 4.79 Å². The van der Waals surface area contributed by atoms with E-state index in [1.807, 2.05) is 6.92 Å². The maximum Gasteiger partial charge on any atom is 0.416 e. The zero-order chi connectivity index (χ0) is 15.5. The minimum Gasteiger partial charge on any atom is -0.376 e. The van der Waals surface area contributed by atoms with E-state index in [1.165, 1.54) is 12.1 Å². The molecule has 1 fully saturated rings. The smallest absolute Gasteiger partial charge is 0.376 e. The molecule has 0 aliphatic carbocycles. The van der Waals surface area contributed by atoms with Gasteiger partial charge in [0.2, 0.25) is 0 Å². The highest BCUT2D eigenvalue weighted by atomic mass is 19.4. The van der Waals surface area contributed by atoms with Crippen molar-refractivity contribution in [1.29, 1.82) is 0 Å². The number of hydrogen-bond donors (Lipinski definition) is 2. The van der Waals surface area contributed by atoms with Gasteiger partial charge in [0.05, 0.1) is 17.7 Å². The number of benzene rings is 1. The van der Waals surface area contributed by atoms with E-state index in [4.69, 9.17) is 4.74 Å². The van der Waals surface area contributed by atoms with Crippen LogP contribution in [0, 0.1) is 0 Å². The predicted molar refractivity (Wildman–Crippen MR) is 72.0 cm³/mol. The Bertz CT molecular complexity index is 499. The van der Waals surface area contributed by atoms with Crippen LogP contribution in [0.5, 0.6) is 0 Å². The number of carbonyl (C=O) groups excluding carboxylic acids is 1. The molecule has 0 unspecified atom stereocenters. The van der Waals surface area contributed by atoms with Crippen LogP contribution in [-0.2, 0) is 10.9 Å². The summed E-state index contributed by atoms with van der Waals surface area (Å²) >= 11 is 0. The highest BCUT2D eigenvalue weighted by Crippen LogP contribution is 2.30. The number of halogens is 3. The summed E-state index contributed by atoms with van der Waals surface area (Å²) in [6.45, 7) is 2.48. The van der Waals surface area contributed by atoms with Gasteiger partial charge in [-0.1, -0.05) is 6.07 Å². The van der Waals surface area contributed by atoms with E-state index >= 15 is 0 Å². The third-order valence-corrected chi connectivity index (χ3v) is 3.33. The van der Waals surface area contributed by atoms with Crippen molar-refractivity contribution < 1.29 is 22.7 Å². The van der Waals surface area contributed by atoms with Crippen LogP contribution in [0.15, 0.2) is 24.3 Å². The van der Waals surface area contributed by atoms with Crippen molar-refractivity contribution in [3.63, 3.8) is 0 Å². The number of anilines is 1. The van der Waals surface area contributed by atoms with E-state index in [0.717, 1.165) is 25.0 Å². The lowest BCUT2D eigenvalue weighted by molar-refractivity contribution is -0.137. The molecule has 1 heterocycles. The molecule has 7 heteroatoms. The molecule has 0 radical (unpaired) electrons. The molecule has 1 aromatic carbocycles. The summed E-state index contributed by atoms with van der Waals surface area (Å²) in [6, 6.07) is 3.78. The summed E-state index contributed by atoms with van der Waals surface area (Å²) in [5, 5.41) is 5.08. The van der Waals surface area contributed by atoms with E-state index in [0.29, 0.717) is 6.61 Å². The van der Waals surface area contributed by atoms with Crippen LogP contribution in [0.3, 0.4) is 0 Å². The van der Waals surface area contributed by atoms with Gasteiger partial charge in [0.25, 0.3) is 0 Å². The Morgan fingerprint density at radius 2 is 2.19 bits per heavy atom. The molecule has 21 heavy (non-hydrogen) atoms. The molecule has 1 aromatic rings. The van der Waals surface area contributed by atoms with E-state index in [1.54, 1.807) is 0 Å². The number of nitrogens with one attached hydrogen (secondary N) is 2. The van der Waals surface area contributed by atoms with E-state index in [2.05, 4.69) is 10.6 Å². The normalized spacial score (nSPS) is 20.1. The molecule has 0 saturated carbocycles.